The summed E-state index contributed by atoms with van der Waals surface area (Å²) in [5.41, 5.74) is 20.3. The third-order valence-electron chi connectivity index (χ3n) is 29.0. The number of benzene rings is 2. The molecule has 22 nitrogen and oxygen atoms in total. The maximum absolute atomic E-state index is 5.09. The molecule has 6 saturated heterocycles. The lowest BCUT2D eigenvalue weighted by molar-refractivity contribution is 0.0664. The lowest BCUT2D eigenvalue weighted by atomic mass is 9.77. The van der Waals surface area contributed by atoms with Crippen LogP contribution in [0.1, 0.15) is 182 Å². The van der Waals surface area contributed by atoms with Gasteiger partial charge in [0.15, 0.2) is 0 Å². The van der Waals surface area contributed by atoms with Gasteiger partial charge < -0.3 is 38.5 Å². The fourth-order valence-corrected chi connectivity index (χ4v) is 22.9. The molecule has 8 atom stereocenters. The van der Waals surface area contributed by atoms with Crippen molar-refractivity contribution in [1.29, 1.82) is 0 Å². The molecule has 0 amide bonds. The average Bonchev–Trinajstić information content (AvgIpc) is 1.21. The van der Waals surface area contributed by atoms with E-state index in [1.807, 2.05) is 24.8 Å². The van der Waals surface area contributed by atoms with Gasteiger partial charge in [0.2, 0.25) is 0 Å². The van der Waals surface area contributed by atoms with Crippen molar-refractivity contribution in [3.8, 4) is 0 Å². The minimum absolute atomic E-state index is 0.443. The van der Waals surface area contributed by atoms with Gasteiger partial charge >= 0.3 is 0 Å². The number of anilines is 2. The van der Waals surface area contributed by atoms with E-state index >= 15 is 0 Å². The van der Waals surface area contributed by atoms with Crippen LogP contribution in [-0.2, 0) is 65.0 Å². The van der Waals surface area contributed by atoms with Crippen molar-refractivity contribution in [3.63, 3.8) is 0 Å². The Bertz CT molecular complexity index is 5150. The van der Waals surface area contributed by atoms with Crippen LogP contribution in [0.2, 0.25) is 0 Å². The largest absolute Gasteiger partial charge is 0.355 e. The number of likely N-dealkylation sites (tertiary alicyclic amines) is 4. The lowest BCUT2D eigenvalue weighted by Gasteiger charge is -2.44. The number of rotatable bonds is 18. The lowest BCUT2D eigenvalue weighted by Crippen LogP contribution is -2.45. The zero-order valence-corrected chi connectivity index (χ0v) is 73.5. The monoisotopic (exact) mass is 1640 g/mol. The van der Waals surface area contributed by atoms with Gasteiger partial charge in [0.05, 0.1) is 93.5 Å². The summed E-state index contributed by atoms with van der Waals surface area (Å²) in [6.45, 7) is 21.1. The van der Waals surface area contributed by atoms with Gasteiger partial charge in [-0.25, -0.2) is 19.9 Å². The van der Waals surface area contributed by atoms with E-state index in [9.17, 15) is 0 Å². The highest BCUT2D eigenvalue weighted by Gasteiger charge is 2.43. The summed E-state index contributed by atoms with van der Waals surface area (Å²) >= 11 is 0. The average molecular weight is 1640 g/mol. The van der Waals surface area contributed by atoms with E-state index in [0.29, 0.717) is 24.2 Å². The number of imidazole rings is 4. The first-order valence-electron chi connectivity index (χ1n) is 46.6. The van der Waals surface area contributed by atoms with Gasteiger partial charge in [-0.3, -0.25) is 48.3 Å². The number of para-hydroxylation sites is 4. The van der Waals surface area contributed by atoms with Crippen LogP contribution < -0.4 is 9.80 Å². The van der Waals surface area contributed by atoms with E-state index < -0.39 is 0 Å². The number of nitrogens with zero attached hydrogens (tertiary/aromatic N) is 22. The first-order chi connectivity index (χ1) is 59.9. The molecule has 22 heteroatoms. The minimum Gasteiger partial charge on any atom is -0.355 e. The summed E-state index contributed by atoms with van der Waals surface area (Å²) in [5, 5.41) is 0. The molecular formula is C100H130N22. The molecule has 6 aliphatic heterocycles. The summed E-state index contributed by atoms with van der Waals surface area (Å²) in [6, 6.07) is 49.5. The topological polar surface area (TPSA) is 154 Å². The Kier molecular flexibility index (Phi) is 25.4. The summed E-state index contributed by atoms with van der Waals surface area (Å²) in [4.78, 5) is 64.6. The maximum Gasteiger partial charge on any atom is 0.138 e. The molecule has 0 unspecified atom stereocenters. The Hall–Kier alpha value is -9.36. The normalized spacial score (nSPS) is 23.3. The second kappa shape index (κ2) is 37.6. The molecular weight excluding hydrogens is 1510 g/mol. The van der Waals surface area contributed by atoms with E-state index in [0.717, 1.165) is 190 Å². The molecule has 0 bridgehead atoms. The van der Waals surface area contributed by atoms with Crippen molar-refractivity contribution >= 4 is 45.0 Å². The molecule has 6 fully saturated rings. The first-order valence-corrected chi connectivity index (χ1v) is 46.6. The number of fused-ring (bicyclic) bond motifs is 16. The Labute approximate surface area is 723 Å². The number of pyridine rings is 6. The van der Waals surface area contributed by atoms with Crippen LogP contribution in [0, 0.1) is 23.7 Å². The van der Waals surface area contributed by atoms with Crippen LogP contribution in [0.25, 0.3) is 33.4 Å². The number of hydrogen-bond acceptors (Lipinski definition) is 18. The minimum atomic E-state index is 0.443. The van der Waals surface area contributed by atoms with Gasteiger partial charge in [0.1, 0.15) is 34.6 Å². The molecule has 2 aromatic carbocycles. The summed E-state index contributed by atoms with van der Waals surface area (Å²) < 4.78 is 9.53. The van der Waals surface area contributed by atoms with Crippen molar-refractivity contribution in [2.24, 2.45) is 23.7 Å². The molecule has 0 spiro atoms. The fourth-order valence-electron chi connectivity index (χ4n) is 22.9. The number of hydrogen-bond donors (Lipinski definition) is 0. The fraction of sp³-hybridized carbons (Fsp3) is 0.520. The van der Waals surface area contributed by atoms with Crippen molar-refractivity contribution in [1.82, 2.24) is 97.0 Å². The number of aryl methyl sites for hydroxylation is 6. The molecule has 4 aliphatic carbocycles. The van der Waals surface area contributed by atoms with Gasteiger partial charge in [0.25, 0.3) is 0 Å². The second-order valence-electron chi connectivity index (χ2n) is 37.5. The van der Waals surface area contributed by atoms with Crippen LogP contribution >= 0.6 is 0 Å². The predicted molar refractivity (Wildman–Crippen MR) is 489 cm³/mol. The second-order valence-corrected chi connectivity index (χ2v) is 37.5. The van der Waals surface area contributed by atoms with E-state index in [1.54, 1.807) is 0 Å². The third-order valence-corrected chi connectivity index (χ3v) is 29.0. The molecule has 122 heavy (non-hydrogen) atoms. The van der Waals surface area contributed by atoms with Crippen LogP contribution in [-0.4, -0.2) is 231 Å². The molecule has 0 N–H and O–H groups in total. The van der Waals surface area contributed by atoms with Gasteiger partial charge in [-0.15, -0.1) is 0 Å². The SMILES string of the molecule is CN(C)CCCn1c(CN2CCC[C@@H]3CCc4cccnc4[C@H]32)nc2ccccc21.CN(C)CCCn1c(CN2CCC[C@H]3CCc4cccnc4[C@@H]32)nc2ccccc21.CN1CCN(c2cccc3nc(CN4CCC[C@@H]5CCc6cccnc6[C@@H]54)cn23)CC1.CN1CCN(c2cccc3nc(CN4CCC[C@H]5CCc6cccnc6[C@H]54)cn23)CC1. The quantitative estimate of drug-likeness (QED) is 0.0799. The zero-order chi connectivity index (χ0) is 82.6. The van der Waals surface area contributed by atoms with E-state index in [-0.39, 0.29) is 0 Å². The van der Waals surface area contributed by atoms with Crippen LogP contribution in [0.5, 0.6) is 0 Å². The number of piperidine rings is 4. The maximum atomic E-state index is 5.09. The molecule has 10 aromatic heterocycles. The molecule has 640 valence electrons. The summed E-state index contributed by atoms with van der Waals surface area (Å²) in [5.74, 6) is 7.87. The molecule has 12 aromatic rings. The van der Waals surface area contributed by atoms with Gasteiger partial charge in [-0.1, -0.05) is 60.7 Å². The molecule has 16 heterocycles. The van der Waals surface area contributed by atoms with Gasteiger partial charge in [-0.05, 0) is 316 Å². The van der Waals surface area contributed by atoms with Crippen LogP contribution in [0.15, 0.2) is 171 Å². The highest BCUT2D eigenvalue weighted by molar-refractivity contribution is 5.77. The van der Waals surface area contributed by atoms with Crippen molar-refractivity contribution in [3.05, 3.63) is 239 Å². The molecule has 10 aliphatic rings. The van der Waals surface area contributed by atoms with Crippen LogP contribution in [0.4, 0.5) is 11.6 Å². The molecule has 0 radical (unpaired) electrons. The van der Waals surface area contributed by atoms with Crippen molar-refractivity contribution < 1.29 is 0 Å². The Morgan fingerprint density at radius 1 is 0.336 bits per heavy atom. The van der Waals surface area contributed by atoms with Crippen molar-refractivity contribution in [2.75, 3.05) is 144 Å². The van der Waals surface area contributed by atoms with E-state index in [4.69, 9.17) is 39.9 Å². The van der Waals surface area contributed by atoms with Crippen LogP contribution in [0.3, 0.4) is 0 Å². The van der Waals surface area contributed by atoms with E-state index in [1.165, 1.54) is 193 Å². The van der Waals surface area contributed by atoms with Crippen molar-refractivity contribution in [2.45, 2.75) is 179 Å². The Morgan fingerprint density at radius 2 is 0.672 bits per heavy atom. The third kappa shape index (κ3) is 17.9. The molecule has 0 saturated carbocycles. The predicted octanol–water partition coefficient (Wildman–Crippen LogP) is 15.3. The van der Waals surface area contributed by atoms with E-state index in [2.05, 4.69) is 255 Å². The Balaban J connectivity index is 0.000000107. The van der Waals surface area contributed by atoms with Gasteiger partial charge in [0, 0.05) is 116 Å². The zero-order valence-electron chi connectivity index (χ0n) is 73.5. The molecule has 22 rings (SSSR count). The number of piperazine rings is 2. The first kappa shape index (κ1) is 82.3. The van der Waals surface area contributed by atoms with Gasteiger partial charge in [-0.2, -0.15) is 0 Å². The summed E-state index contributed by atoms with van der Waals surface area (Å²) in [6.07, 6.45) is 35.0. The highest BCUT2D eigenvalue weighted by atomic mass is 15.3. The number of aromatic nitrogens is 12. The standard InChI is InChI=1S/2C25H32N6.2C25H33N5/c2*1-28-13-15-29(16-14-28)23-8-2-7-22-27-21(18-31(22)23)17-30-12-4-6-20-10-9-19-5-3-11-26-24(19)25(20)30;2*1-28(2)15-7-17-30-22-11-4-3-10-21(22)27-23(30)18-29-16-6-9-20-13-12-19-8-5-14-26-24(19)25(20)29/h2*2-3,5,7-8,11,18,20,25H,4,6,9-10,12-17H2,1H3;2*3-5,8,10-11,14,20,25H,6-7,9,12-13,15-18H2,1-2H3/t2*20-,25-;2*20-,25+/m1010/s1. The Morgan fingerprint density at radius 3 is 1.02 bits per heavy atom. The smallest absolute Gasteiger partial charge is 0.138 e. The highest BCUT2D eigenvalue weighted by Crippen LogP contribution is 2.48. The number of likely N-dealkylation sites (N-methyl/N-ethyl adjacent to an activating group) is 2. The summed E-state index contributed by atoms with van der Waals surface area (Å²) in [7, 11) is 13.0.